The van der Waals surface area contributed by atoms with Gasteiger partial charge in [0.2, 0.25) is 0 Å². The molecule has 8 aromatic rings. The number of nitrogens with zero attached hydrogens (tertiary/aromatic N) is 2. The van der Waals surface area contributed by atoms with E-state index in [9.17, 15) is 0 Å². The molecule has 4 heteroatoms. The van der Waals surface area contributed by atoms with Gasteiger partial charge in [0.05, 0.1) is 11.4 Å². The van der Waals surface area contributed by atoms with Crippen molar-refractivity contribution >= 4 is 0 Å². The highest BCUT2D eigenvalue weighted by Gasteiger charge is 2.44. The van der Waals surface area contributed by atoms with Gasteiger partial charge in [0, 0.05) is 45.8 Å². The topological polar surface area (TPSA) is 44.2 Å². The third-order valence-electron chi connectivity index (χ3n) is 10.6. The number of hydrogen-bond acceptors (Lipinski definition) is 4. The Morgan fingerprint density at radius 3 is 0.982 bits per heavy atom. The van der Waals surface area contributed by atoms with Crippen LogP contribution in [0.2, 0.25) is 0 Å². The fourth-order valence-corrected chi connectivity index (χ4v) is 7.93. The largest absolute Gasteiger partial charge is 0.457 e. The van der Waals surface area contributed by atoms with Crippen LogP contribution in [0.25, 0.3) is 11.4 Å². The average molecular weight is 717 g/mol. The molecule has 2 aliphatic heterocycles. The maximum Gasteiger partial charge on any atom is 0.132 e. The first-order chi connectivity index (χ1) is 27.7. The average Bonchev–Trinajstić information content (AvgIpc) is 3.27. The van der Waals surface area contributed by atoms with E-state index >= 15 is 0 Å². The molecule has 0 fully saturated rings. The van der Waals surface area contributed by atoms with E-state index in [-0.39, 0.29) is 0 Å². The maximum absolute atomic E-state index is 6.44. The van der Waals surface area contributed by atoms with E-state index in [0.717, 1.165) is 78.9 Å². The van der Waals surface area contributed by atoms with Crippen molar-refractivity contribution in [2.24, 2.45) is 0 Å². The van der Waals surface area contributed by atoms with E-state index in [1.807, 2.05) is 158 Å². The normalized spacial score (nSPS) is 13.6. The Bertz CT molecular complexity index is 2570. The molecule has 2 aromatic heterocycles. The van der Waals surface area contributed by atoms with Crippen molar-refractivity contribution in [3.05, 3.63) is 239 Å². The molecule has 0 aliphatic carbocycles. The van der Waals surface area contributed by atoms with Gasteiger partial charge in [-0.15, -0.1) is 0 Å². The van der Waals surface area contributed by atoms with E-state index in [0.29, 0.717) is 0 Å². The third-order valence-corrected chi connectivity index (χ3v) is 10.6. The van der Waals surface area contributed by atoms with Gasteiger partial charge in [-0.3, -0.25) is 9.97 Å². The standard InChI is InChI=1S/C52H32N2O2/c1-3-15-37(16-4-1)31-33-51(41-19-7-11-23-47(41)55-48-24-12-8-20-42(48)51)39-27-29-45(53-35-39)46-30-28-40(36-54-46)52(34-32-38-17-5-2-6-18-38)43-21-9-13-25-49(43)56-50-26-14-10-22-44(50)52/h1-30,35-36H. The van der Waals surface area contributed by atoms with Gasteiger partial charge >= 0.3 is 0 Å². The summed E-state index contributed by atoms with van der Waals surface area (Å²) < 4.78 is 12.9. The van der Waals surface area contributed by atoms with Crippen molar-refractivity contribution in [3.8, 4) is 58.1 Å². The van der Waals surface area contributed by atoms with E-state index in [1.165, 1.54) is 0 Å². The summed E-state index contributed by atoms with van der Waals surface area (Å²) in [6.45, 7) is 0. The van der Waals surface area contributed by atoms with Gasteiger partial charge in [0.15, 0.2) is 0 Å². The van der Waals surface area contributed by atoms with Crippen LogP contribution in [0.1, 0.15) is 44.5 Å². The van der Waals surface area contributed by atoms with Gasteiger partial charge in [-0.25, -0.2) is 0 Å². The van der Waals surface area contributed by atoms with Crippen molar-refractivity contribution in [1.82, 2.24) is 9.97 Å². The molecule has 0 N–H and O–H groups in total. The molecule has 0 bridgehead atoms. The lowest BCUT2D eigenvalue weighted by molar-refractivity contribution is 0.439. The van der Waals surface area contributed by atoms with Crippen LogP contribution >= 0.6 is 0 Å². The summed E-state index contributed by atoms with van der Waals surface area (Å²) in [5, 5.41) is 0. The Hall–Kier alpha value is -7.66. The zero-order valence-electron chi connectivity index (χ0n) is 30.2. The molecule has 0 atom stereocenters. The quantitative estimate of drug-likeness (QED) is 0.171. The number of benzene rings is 6. The van der Waals surface area contributed by atoms with Gasteiger partial charge in [-0.1, -0.05) is 145 Å². The highest BCUT2D eigenvalue weighted by atomic mass is 16.5. The minimum absolute atomic E-state index is 0.747. The smallest absolute Gasteiger partial charge is 0.132 e. The molecular weight excluding hydrogens is 685 g/mol. The van der Waals surface area contributed by atoms with Crippen molar-refractivity contribution in [2.45, 2.75) is 10.8 Å². The first kappa shape index (κ1) is 32.9. The summed E-state index contributed by atoms with van der Waals surface area (Å²) >= 11 is 0. The number of aromatic nitrogens is 2. The van der Waals surface area contributed by atoms with Crippen LogP contribution in [-0.4, -0.2) is 9.97 Å². The zero-order chi connectivity index (χ0) is 37.4. The SMILES string of the molecule is C(#CC1(c2ccc(-c3ccc(C4(C#Cc5ccccc5)c5ccccc5Oc5ccccc54)cn3)nc2)c2ccccc2Oc2ccccc21)c1ccccc1. The van der Waals surface area contributed by atoms with Gasteiger partial charge in [-0.05, 0) is 71.8 Å². The molecule has 262 valence electrons. The number of rotatable bonds is 3. The second-order valence-electron chi connectivity index (χ2n) is 13.8. The van der Waals surface area contributed by atoms with E-state index in [2.05, 4.69) is 60.1 Å². The van der Waals surface area contributed by atoms with Crippen LogP contribution in [0.4, 0.5) is 0 Å². The van der Waals surface area contributed by atoms with E-state index < -0.39 is 10.8 Å². The first-order valence-corrected chi connectivity index (χ1v) is 18.6. The summed E-state index contributed by atoms with van der Waals surface area (Å²) in [4.78, 5) is 10.1. The molecule has 4 heterocycles. The van der Waals surface area contributed by atoms with Crippen molar-refractivity contribution < 1.29 is 9.47 Å². The summed E-state index contributed by atoms with van der Waals surface area (Å²) in [5.41, 5.74) is 7.45. The second-order valence-corrected chi connectivity index (χ2v) is 13.8. The molecule has 0 spiro atoms. The Morgan fingerprint density at radius 2 is 0.661 bits per heavy atom. The summed E-state index contributed by atoms with van der Waals surface area (Å²) in [6, 6.07) is 61.0. The fraction of sp³-hybridized carbons (Fsp3) is 0.0385. The molecule has 10 rings (SSSR count). The monoisotopic (exact) mass is 716 g/mol. The van der Waals surface area contributed by atoms with Crippen molar-refractivity contribution in [2.75, 3.05) is 0 Å². The molecule has 6 aromatic carbocycles. The summed E-state index contributed by atoms with van der Waals surface area (Å²) in [6.07, 6.45) is 3.86. The van der Waals surface area contributed by atoms with E-state index in [1.54, 1.807) is 0 Å². The lowest BCUT2D eigenvalue weighted by Crippen LogP contribution is -2.31. The molecule has 4 nitrogen and oxygen atoms in total. The number of ether oxygens (including phenoxy) is 2. The Labute approximate surface area is 326 Å². The lowest BCUT2D eigenvalue weighted by atomic mass is 9.68. The predicted octanol–water partition coefficient (Wildman–Crippen LogP) is 11.1. The molecule has 0 saturated heterocycles. The summed E-state index contributed by atoms with van der Waals surface area (Å²) in [7, 11) is 0. The predicted molar refractivity (Wildman–Crippen MR) is 220 cm³/mol. The number of pyridine rings is 2. The van der Waals surface area contributed by atoms with Crippen LogP contribution in [0.3, 0.4) is 0 Å². The van der Waals surface area contributed by atoms with Gasteiger partial charge in [-0.2, -0.15) is 0 Å². The molecule has 0 unspecified atom stereocenters. The van der Waals surface area contributed by atoms with Crippen molar-refractivity contribution in [1.29, 1.82) is 0 Å². The molecule has 0 amide bonds. The van der Waals surface area contributed by atoms with Crippen LogP contribution in [0, 0.1) is 23.7 Å². The van der Waals surface area contributed by atoms with Gasteiger partial charge in [0.1, 0.15) is 33.8 Å². The number of para-hydroxylation sites is 4. The Balaban J connectivity index is 1.09. The third kappa shape index (κ3) is 5.44. The fourth-order valence-electron chi connectivity index (χ4n) is 7.93. The lowest BCUT2D eigenvalue weighted by Gasteiger charge is -2.37. The highest BCUT2D eigenvalue weighted by molar-refractivity contribution is 5.71. The van der Waals surface area contributed by atoms with Crippen molar-refractivity contribution in [3.63, 3.8) is 0 Å². The maximum atomic E-state index is 6.44. The zero-order valence-corrected chi connectivity index (χ0v) is 30.2. The van der Waals surface area contributed by atoms with E-state index in [4.69, 9.17) is 19.4 Å². The first-order valence-electron chi connectivity index (χ1n) is 18.6. The Morgan fingerprint density at radius 1 is 0.339 bits per heavy atom. The molecular formula is C52H32N2O2. The summed E-state index contributed by atoms with van der Waals surface area (Å²) in [5.74, 6) is 17.5. The molecule has 56 heavy (non-hydrogen) atoms. The molecule has 0 radical (unpaired) electrons. The molecule has 2 aliphatic rings. The van der Waals surface area contributed by atoms with Gasteiger partial charge in [0.25, 0.3) is 0 Å². The van der Waals surface area contributed by atoms with Gasteiger partial charge < -0.3 is 9.47 Å². The molecule has 0 saturated carbocycles. The highest BCUT2D eigenvalue weighted by Crippen LogP contribution is 2.53. The number of fused-ring (bicyclic) bond motifs is 4. The second kappa shape index (κ2) is 13.6. The minimum Gasteiger partial charge on any atom is -0.457 e. The van der Waals surface area contributed by atoms with Crippen LogP contribution in [0.5, 0.6) is 23.0 Å². The van der Waals surface area contributed by atoms with Crippen LogP contribution < -0.4 is 9.47 Å². The Kier molecular flexibility index (Phi) is 8.02. The minimum atomic E-state index is -0.836. The van der Waals surface area contributed by atoms with Crippen LogP contribution in [-0.2, 0) is 10.8 Å². The van der Waals surface area contributed by atoms with Crippen LogP contribution in [0.15, 0.2) is 194 Å². The number of hydrogen-bond donors (Lipinski definition) is 0.